The zero-order valence-corrected chi connectivity index (χ0v) is 26.6. The van der Waals surface area contributed by atoms with E-state index in [9.17, 15) is 15.1 Å². The third-order valence-corrected chi connectivity index (χ3v) is 8.45. The van der Waals surface area contributed by atoms with Gasteiger partial charge in [0, 0.05) is 38.9 Å². The van der Waals surface area contributed by atoms with Crippen LogP contribution in [-0.4, -0.2) is 4.57 Å². The number of hydrogen-bond donors (Lipinski definition) is 0. The zero-order chi connectivity index (χ0) is 56.2. The summed E-state index contributed by atoms with van der Waals surface area (Å²) in [6.07, 6.45) is 0. The van der Waals surface area contributed by atoms with E-state index in [4.69, 9.17) is 19.2 Å². The van der Waals surface area contributed by atoms with Crippen molar-refractivity contribution in [1.29, 1.82) is 0 Å². The Bertz CT molecular complexity index is 4300. The van der Waals surface area contributed by atoms with E-state index in [1.807, 2.05) is 0 Å². The molecule has 0 saturated heterocycles. The molecule has 2 heteroatoms. The van der Waals surface area contributed by atoms with Crippen LogP contribution in [0, 0.1) is 0 Å². The summed E-state index contributed by atoms with van der Waals surface area (Å²) in [4.78, 5) is 0.932. The zero-order valence-electron chi connectivity index (χ0n) is 51.6. The summed E-state index contributed by atoms with van der Waals surface area (Å²) < 4.78 is 228. The van der Waals surface area contributed by atoms with Crippen molar-refractivity contribution in [3.05, 3.63) is 206 Å². The van der Waals surface area contributed by atoms with E-state index >= 15 is 0 Å². The van der Waals surface area contributed by atoms with Crippen LogP contribution in [0.4, 0.5) is 17.1 Å². The van der Waals surface area contributed by atoms with Crippen molar-refractivity contribution in [3.63, 3.8) is 0 Å². The first kappa shape index (κ1) is 14.0. The fraction of sp³-hybridized carbons (Fsp3) is 0. The molecule has 0 unspecified atom stereocenters. The third kappa shape index (κ3) is 5.12. The molecule has 0 radical (unpaired) electrons. The fourth-order valence-corrected chi connectivity index (χ4v) is 6.12. The van der Waals surface area contributed by atoms with Crippen LogP contribution in [0.2, 0.25) is 0 Å². The van der Waals surface area contributed by atoms with E-state index < -0.39 is 223 Å². The predicted octanol–water partition coefficient (Wildman–Crippen LogP) is 13.9. The number of para-hydroxylation sites is 2. The summed E-state index contributed by atoms with van der Waals surface area (Å²) in [7, 11) is 0. The summed E-state index contributed by atoms with van der Waals surface area (Å²) in [6.45, 7) is 0. The molecule has 2 nitrogen and oxygen atoms in total. The SMILES string of the molecule is [2H]c1c([2H])c([2H])c(-n2c3c([2H])c([2H])c([2H])c([2H])c3c3c([2H])c([2H])c4c([2H])c([2H])c(N(c5ccc(-c6ccccc6)cc5)c5c([2H])c([2H])c([2H])c(-c6c([2H])c([2H])c7c([2H])c([2H])c([2H])c([2H])c7c6[2H])c5[2H])c([2H])c4c32)c([2H])c1[2H]. The Balaban J connectivity index is 1.44. The molecule has 0 spiro atoms. The summed E-state index contributed by atoms with van der Waals surface area (Å²) in [5.74, 6) is 0. The minimum Gasteiger partial charge on any atom is -0.310 e. The average molecular weight is 688 g/mol. The van der Waals surface area contributed by atoms with Crippen LogP contribution in [0.1, 0.15) is 34.3 Å². The summed E-state index contributed by atoms with van der Waals surface area (Å²) in [6, 6.07) is -6.59. The number of hydrogen-bond acceptors (Lipinski definition) is 1. The Hall–Kier alpha value is -6.90. The van der Waals surface area contributed by atoms with Crippen LogP contribution in [0.15, 0.2) is 206 Å². The van der Waals surface area contributed by atoms with Crippen molar-refractivity contribution in [1.82, 2.24) is 4.57 Å². The molecular formula is C50H34N2. The number of nitrogens with zero attached hydrogens (tertiary/aromatic N) is 2. The third-order valence-electron chi connectivity index (χ3n) is 8.45. The lowest BCUT2D eigenvalue weighted by Gasteiger charge is -2.27. The maximum Gasteiger partial charge on any atom is 0.0652 e. The van der Waals surface area contributed by atoms with E-state index in [-0.39, 0.29) is 5.69 Å². The molecule has 0 aliphatic heterocycles. The van der Waals surface area contributed by atoms with Crippen LogP contribution < -0.4 is 4.90 Å². The molecule has 0 atom stereocenters. The molecule has 0 fully saturated rings. The maximum absolute atomic E-state index is 10.3. The van der Waals surface area contributed by atoms with Crippen LogP contribution in [0.25, 0.3) is 71.3 Å². The Labute approximate surface area is 338 Å². The van der Waals surface area contributed by atoms with E-state index in [0.29, 0.717) is 11.1 Å². The van der Waals surface area contributed by atoms with Gasteiger partial charge >= 0.3 is 0 Å². The van der Waals surface area contributed by atoms with Gasteiger partial charge in [-0.25, -0.2) is 0 Å². The van der Waals surface area contributed by atoms with Crippen LogP contribution in [0.5, 0.6) is 0 Å². The van der Waals surface area contributed by atoms with Gasteiger partial charge in [0.25, 0.3) is 0 Å². The second kappa shape index (κ2) is 12.5. The van der Waals surface area contributed by atoms with E-state index in [1.54, 1.807) is 42.5 Å². The minimum atomic E-state index is -0.971. The molecule has 1 aromatic heterocycles. The second-order valence-electron chi connectivity index (χ2n) is 11.5. The second-order valence-corrected chi connectivity index (χ2v) is 11.5. The lowest BCUT2D eigenvalue weighted by atomic mass is 10.00. The standard InChI is InChI=1S/C50H34N2/c1-3-12-35(13-4-1)37-24-28-43(29-25-37)51(44-19-11-16-40(33-44)41-23-22-36-14-7-8-15-39(36)32-41)45-30-26-38-27-31-47-46-20-9-10-21-49(46)52(50(47)48(38)34-45)42-17-5-2-6-18-42/h1-34H/i2D,5D,6D,7D,8D,9D,10D,11D,14D,15D,16D,17D,18D,19D,20D,21D,22D,23D,26D,27D,30D,31D,32D,33D,34D. The molecule has 1 heterocycles. The van der Waals surface area contributed by atoms with Crippen LogP contribution in [-0.2, 0) is 0 Å². The molecule has 10 aromatic rings. The van der Waals surface area contributed by atoms with E-state index in [2.05, 4.69) is 0 Å². The van der Waals surface area contributed by atoms with Gasteiger partial charge in [-0.2, -0.15) is 0 Å². The Morgan fingerprint density at radius 1 is 0.385 bits per heavy atom. The first-order chi connectivity index (χ1) is 36.2. The summed E-state index contributed by atoms with van der Waals surface area (Å²) in [5.41, 5.74) is -3.55. The predicted molar refractivity (Wildman–Crippen MR) is 221 cm³/mol. The van der Waals surface area contributed by atoms with E-state index in [0.717, 1.165) is 9.47 Å². The largest absolute Gasteiger partial charge is 0.310 e. The van der Waals surface area contributed by atoms with Crippen molar-refractivity contribution in [2.75, 3.05) is 4.90 Å². The topological polar surface area (TPSA) is 8.17 Å². The quantitative estimate of drug-likeness (QED) is 0.169. The molecule has 0 saturated carbocycles. The van der Waals surface area contributed by atoms with Crippen molar-refractivity contribution < 1.29 is 34.3 Å². The fourth-order valence-electron chi connectivity index (χ4n) is 6.12. The highest BCUT2D eigenvalue weighted by Crippen LogP contribution is 2.42. The molecule has 0 bridgehead atoms. The first-order valence-corrected chi connectivity index (χ1v) is 15.8. The monoisotopic (exact) mass is 687 g/mol. The average Bonchev–Trinajstić information content (AvgIpc) is 3.78. The van der Waals surface area contributed by atoms with Crippen LogP contribution in [0.3, 0.4) is 0 Å². The van der Waals surface area contributed by atoms with Crippen molar-refractivity contribution >= 4 is 60.4 Å². The molecule has 10 rings (SSSR count). The Morgan fingerprint density at radius 2 is 1.08 bits per heavy atom. The lowest BCUT2D eigenvalue weighted by Crippen LogP contribution is -2.10. The number of benzene rings is 9. The van der Waals surface area contributed by atoms with Crippen molar-refractivity contribution in [3.8, 4) is 27.9 Å². The molecular weight excluding hydrogens is 629 g/mol. The molecule has 0 aliphatic carbocycles. The normalized spacial score (nSPS) is 18.2. The lowest BCUT2D eigenvalue weighted by molar-refractivity contribution is 1.19. The maximum atomic E-state index is 10.3. The van der Waals surface area contributed by atoms with Gasteiger partial charge in [0.1, 0.15) is 0 Å². The van der Waals surface area contributed by atoms with Gasteiger partial charge < -0.3 is 9.47 Å². The van der Waals surface area contributed by atoms with Gasteiger partial charge in [-0.1, -0.05) is 145 Å². The number of aromatic nitrogens is 1. The highest BCUT2D eigenvalue weighted by atomic mass is 15.1. The Kier molecular flexibility index (Phi) is 3.36. The molecule has 52 heavy (non-hydrogen) atoms. The molecule has 0 N–H and O–H groups in total. The van der Waals surface area contributed by atoms with Crippen molar-refractivity contribution in [2.45, 2.75) is 0 Å². The van der Waals surface area contributed by atoms with E-state index in [1.165, 1.54) is 12.1 Å². The molecule has 0 aliphatic rings. The summed E-state index contributed by atoms with van der Waals surface area (Å²) >= 11 is 0. The number of rotatable bonds is 6. The van der Waals surface area contributed by atoms with Gasteiger partial charge in [0.15, 0.2) is 0 Å². The van der Waals surface area contributed by atoms with Gasteiger partial charge in [0.05, 0.1) is 45.3 Å². The molecule has 244 valence electrons. The number of anilines is 3. The van der Waals surface area contributed by atoms with Crippen LogP contribution >= 0.6 is 0 Å². The van der Waals surface area contributed by atoms with Gasteiger partial charge in [-0.15, -0.1) is 0 Å². The summed E-state index contributed by atoms with van der Waals surface area (Å²) in [5, 5.41) is -3.25. The molecule has 9 aromatic carbocycles. The van der Waals surface area contributed by atoms with Gasteiger partial charge in [-0.3, -0.25) is 0 Å². The number of fused-ring (bicyclic) bond motifs is 6. The molecule has 0 amide bonds. The highest BCUT2D eigenvalue weighted by Gasteiger charge is 2.18. The Morgan fingerprint density at radius 3 is 1.94 bits per heavy atom. The van der Waals surface area contributed by atoms with Gasteiger partial charge in [-0.05, 0) is 98.9 Å². The van der Waals surface area contributed by atoms with Crippen molar-refractivity contribution in [2.24, 2.45) is 0 Å². The highest BCUT2D eigenvalue weighted by molar-refractivity contribution is 6.19. The first-order valence-electron chi connectivity index (χ1n) is 28.3. The van der Waals surface area contributed by atoms with Gasteiger partial charge in [0.2, 0.25) is 0 Å². The smallest absolute Gasteiger partial charge is 0.0652 e. The minimum absolute atomic E-state index is 0.105.